The highest BCUT2D eigenvalue weighted by Gasteiger charge is 2.15. The minimum Gasteiger partial charge on any atom is -0.487 e. The van der Waals surface area contributed by atoms with E-state index in [4.69, 9.17) is 23.7 Å². The van der Waals surface area contributed by atoms with Crippen molar-refractivity contribution < 1.29 is 23.7 Å². The van der Waals surface area contributed by atoms with Crippen molar-refractivity contribution >= 4 is 10.9 Å². The van der Waals surface area contributed by atoms with E-state index in [-0.39, 0.29) is 12.4 Å². The van der Waals surface area contributed by atoms with Gasteiger partial charge in [0.25, 0.3) is 5.56 Å². The molecule has 10 nitrogen and oxygen atoms in total. The van der Waals surface area contributed by atoms with E-state index in [1.54, 1.807) is 48.4 Å². The Bertz CT molecular complexity index is 1710. The Morgan fingerprint density at radius 1 is 0.854 bits per heavy atom. The molecule has 0 saturated heterocycles. The molecule has 0 aliphatic carbocycles. The lowest BCUT2D eigenvalue weighted by atomic mass is 10.1. The second-order valence-electron chi connectivity index (χ2n) is 9.35. The summed E-state index contributed by atoms with van der Waals surface area (Å²) in [5.41, 5.74) is 2.54. The Morgan fingerprint density at radius 3 is 2.39 bits per heavy atom. The third kappa shape index (κ3) is 6.03. The lowest BCUT2D eigenvalue weighted by molar-refractivity contribution is -0.0637. The van der Waals surface area contributed by atoms with Gasteiger partial charge in [-0.25, -0.2) is 4.98 Å². The van der Waals surface area contributed by atoms with Crippen molar-refractivity contribution in [2.24, 2.45) is 7.05 Å². The maximum absolute atomic E-state index is 13.1. The first-order valence-electron chi connectivity index (χ1n) is 13.2. The zero-order valence-electron chi connectivity index (χ0n) is 22.5. The molecule has 41 heavy (non-hydrogen) atoms. The van der Waals surface area contributed by atoms with Gasteiger partial charge in [-0.05, 0) is 29.8 Å². The maximum atomic E-state index is 13.1. The van der Waals surface area contributed by atoms with Crippen LogP contribution < -0.4 is 19.8 Å². The van der Waals surface area contributed by atoms with Gasteiger partial charge in [-0.15, -0.1) is 0 Å². The normalized spacial score (nSPS) is 13.9. The molecular weight excluding hydrogens is 524 g/mol. The highest BCUT2D eigenvalue weighted by atomic mass is 16.7. The van der Waals surface area contributed by atoms with Crippen molar-refractivity contribution in [3.8, 4) is 34.3 Å². The summed E-state index contributed by atoms with van der Waals surface area (Å²) in [5.74, 6) is 2.90. The molecule has 1 aliphatic rings. The van der Waals surface area contributed by atoms with Gasteiger partial charge in [0.1, 0.15) is 37.3 Å². The molecule has 10 heteroatoms. The van der Waals surface area contributed by atoms with Gasteiger partial charge in [0.15, 0.2) is 11.5 Å². The summed E-state index contributed by atoms with van der Waals surface area (Å²) >= 11 is 0. The highest BCUT2D eigenvalue weighted by molar-refractivity contribution is 5.88. The SMILES string of the molecule is Cn1c(Cc2ccccc2)ncc(-c2ccc(Oc3ccnc4cc5c(cc34)OCCOCOCCO5)cn2)c1=O. The fourth-order valence-corrected chi connectivity index (χ4v) is 4.46. The summed E-state index contributed by atoms with van der Waals surface area (Å²) in [7, 11) is 1.73. The third-order valence-electron chi connectivity index (χ3n) is 6.61. The fourth-order valence-electron chi connectivity index (χ4n) is 4.46. The van der Waals surface area contributed by atoms with Gasteiger partial charge in [-0.3, -0.25) is 19.3 Å². The molecule has 0 radical (unpaired) electrons. The van der Waals surface area contributed by atoms with Crippen LogP contribution in [0.25, 0.3) is 22.2 Å². The summed E-state index contributed by atoms with van der Waals surface area (Å²) < 4.78 is 30.3. The van der Waals surface area contributed by atoms with Crippen molar-refractivity contribution in [3.63, 3.8) is 0 Å². The van der Waals surface area contributed by atoms with Gasteiger partial charge in [-0.2, -0.15) is 0 Å². The van der Waals surface area contributed by atoms with E-state index in [1.807, 2.05) is 42.5 Å². The summed E-state index contributed by atoms with van der Waals surface area (Å²) in [6.45, 7) is 1.68. The van der Waals surface area contributed by atoms with Gasteiger partial charge >= 0.3 is 0 Å². The molecule has 0 saturated carbocycles. The van der Waals surface area contributed by atoms with E-state index in [0.29, 0.717) is 78.4 Å². The van der Waals surface area contributed by atoms with Gasteiger partial charge < -0.3 is 23.7 Å². The maximum Gasteiger partial charge on any atom is 0.262 e. The van der Waals surface area contributed by atoms with Crippen molar-refractivity contribution in [1.82, 2.24) is 19.5 Å². The third-order valence-corrected chi connectivity index (χ3v) is 6.61. The first-order chi connectivity index (χ1) is 20.2. The molecule has 0 amide bonds. The van der Waals surface area contributed by atoms with Crippen LogP contribution in [0.3, 0.4) is 0 Å². The molecule has 3 aromatic heterocycles. The van der Waals surface area contributed by atoms with Crippen LogP contribution in [0.2, 0.25) is 0 Å². The van der Waals surface area contributed by atoms with E-state index in [9.17, 15) is 4.79 Å². The van der Waals surface area contributed by atoms with Crippen molar-refractivity contribution in [2.75, 3.05) is 33.2 Å². The van der Waals surface area contributed by atoms with E-state index in [0.717, 1.165) is 10.9 Å². The van der Waals surface area contributed by atoms with Crippen LogP contribution >= 0.6 is 0 Å². The molecule has 4 heterocycles. The van der Waals surface area contributed by atoms with Crippen LogP contribution in [0.4, 0.5) is 0 Å². The number of hydrogen-bond donors (Lipinski definition) is 0. The topological polar surface area (TPSA) is 107 Å². The molecule has 0 spiro atoms. The molecule has 5 aromatic rings. The number of aromatic nitrogens is 4. The zero-order chi connectivity index (χ0) is 28.0. The second kappa shape index (κ2) is 12.2. The minimum atomic E-state index is -0.162. The number of pyridine rings is 2. The van der Waals surface area contributed by atoms with Gasteiger partial charge in [-0.1, -0.05) is 30.3 Å². The second-order valence-corrected chi connectivity index (χ2v) is 9.35. The minimum absolute atomic E-state index is 0.162. The van der Waals surface area contributed by atoms with Crippen LogP contribution in [0.1, 0.15) is 11.4 Å². The Labute approximate surface area is 236 Å². The molecule has 0 bridgehead atoms. The first-order valence-corrected chi connectivity index (χ1v) is 13.2. The number of nitrogens with zero attached hydrogens (tertiary/aromatic N) is 4. The summed E-state index contributed by atoms with van der Waals surface area (Å²) in [4.78, 5) is 26.7. The Balaban J connectivity index is 1.23. The molecule has 0 atom stereocenters. The van der Waals surface area contributed by atoms with Gasteiger partial charge in [0.2, 0.25) is 0 Å². The van der Waals surface area contributed by atoms with Crippen molar-refractivity contribution in [2.45, 2.75) is 6.42 Å². The smallest absolute Gasteiger partial charge is 0.262 e. The Hall–Kier alpha value is -4.80. The largest absolute Gasteiger partial charge is 0.487 e. The van der Waals surface area contributed by atoms with E-state index < -0.39 is 0 Å². The lowest BCUT2D eigenvalue weighted by Crippen LogP contribution is -2.24. The van der Waals surface area contributed by atoms with Crippen molar-refractivity contribution in [1.29, 1.82) is 0 Å². The van der Waals surface area contributed by atoms with Crippen LogP contribution in [0, 0.1) is 0 Å². The Morgan fingerprint density at radius 2 is 1.63 bits per heavy atom. The fraction of sp³-hybridized carbons (Fsp3) is 0.226. The summed E-state index contributed by atoms with van der Waals surface area (Å²) in [5, 5.41) is 0.748. The molecule has 0 N–H and O–H groups in total. The molecule has 0 unspecified atom stereocenters. The molecule has 6 rings (SSSR count). The van der Waals surface area contributed by atoms with Crippen LogP contribution in [0.5, 0.6) is 23.0 Å². The average Bonchev–Trinajstić information content (AvgIpc) is 3.05. The predicted octanol–water partition coefficient (Wildman–Crippen LogP) is 4.54. The standard InChI is InChI=1S/C31H28N4O6/c1-35-30(15-21-5-3-2-4-6-21)34-19-24(31(35)36)25-8-7-22(18-33-25)41-27-9-10-32-26-17-29-28(16-23(26)27)39-13-11-37-20-38-12-14-40-29/h2-10,16-19H,11-15,20H2,1H3. The molecule has 0 fully saturated rings. The number of ether oxygens (including phenoxy) is 5. The molecular formula is C31H28N4O6. The van der Waals surface area contributed by atoms with Crippen LogP contribution in [0.15, 0.2) is 84.0 Å². The van der Waals surface area contributed by atoms with Crippen LogP contribution in [-0.2, 0) is 22.9 Å². The van der Waals surface area contributed by atoms with Gasteiger partial charge in [0.05, 0.1) is 36.2 Å². The number of fused-ring (bicyclic) bond motifs is 2. The average molecular weight is 553 g/mol. The van der Waals surface area contributed by atoms with E-state index >= 15 is 0 Å². The monoisotopic (exact) mass is 552 g/mol. The number of rotatable bonds is 5. The molecule has 208 valence electrons. The Kier molecular flexibility index (Phi) is 7.83. The predicted molar refractivity (Wildman–Crippen MR) is 152 cm³/mol. The van der Waals surface area contributed by atoms with Crippen LogP contribution in [-0.4, -0.2) is 52.7 Å². The summed E-state index contributed by atoms with van der Waals surface area (Å²) in [6, 6.07) is 18.9. The van der Waals surface area contributed by atoms with Gasteiger partial charge in [0, 0.05) is 37.3 Å². The zero-order valence-corrected chi connectivity index (χ0v) is 22.5. The highest BCUT2D eigenvalue weighted by Crippen LogP contribution is 2.37. The quantitative estimate of drug-likeness (QED) is 0.311. The van der Waals surface area contributed by atoms with E-state index in [2.05, 4.69) is 15.0 Å². The molecule has 2 aromatic carbocycles. The lowest BCUT2D eigenvalue weighted by Gasteiger charge is -2.14. The summed E-state index contributed by atoms with van der Waals surface area (Å²) in [6.07, 6.45) is 5.40. The first kappa shape index (κ1) is 26.4. The molecule has 1 aliphatic heterocycles. The number of benzene rings is 2. The van der Waals surface area contributed by atoms with E-state index in [1.165, 1.54) is 0 Å². The van der Waals surface area contributed by atoms with Crippen molar-refractivity contribution in [3.05, 3.63) is 101 Å². The number of hydrogen-bond acceptors (Lipinski definition) is 9.